The molecule has 0 aromatic heterocycles. The molecule has 0 amide bonds. The monoisotopic (exact) mass is 165 g/mol. The molecule has 0 aliphatic heterocycles. The van der Waals surface area contributed by atoms with Crippen LogP contribution in [0.5, 0.6) is 0 Å². The molecule has 60 valence electrons. The predicted molar refractivity (Wildman–Crippen MR) is 39.8 cm³/mol. The summed E-state index contributed by atoms with van der Waals surface area (Å²) in [5.74, 6) is 0. The number of rotatable bonds is 5. The van der Waals surface area contributed by atoms with Gasteiger partial charge in [-0.05, 0) is 0 Å². The molecule has 0 spiro atoms. The molecule has 2 unspecified atom stereocenters. The molecule has 0 saturated heterocycles. The second-order valence-electron chi connectivity index (χ2n) is 1.61. The van der Waals surface area contributed by atoms with Crippen molar-refractivity contribution >= 4 is 11.3 Å². The number of nitrogens with one attached hydrogen (secondary N) is 1. The largest absolute Gasteiger partial charge is 0.376 e. The zero-order valence-electron chi connectivity index (χ0n) is 5.74. The Balaban J connectivity index is 3.44. The molecule has 0 aliphatic rings. The summed E-state index contributed by atoms with van der Waals surface area (Å²) in [7, 11) is 1.51. The van der Waals surface area contributed by atoms with E-state index in [2.05, 4.69) is 11.3 Å². The molecule has 5 heteroatoms. The molecular formula is C5H11NO3S. The number of methoxy groups -OCH3 is 1. The van der Waals surface area contributed by atoms with E-state index in [0.29, 0.717) is 6.54 Å². The normalized spacial score (nSPS) is 16.2. The highest BCUT2D eigenvalue weighted by molar-refractivity contribution is 7.77. The smallest absolute Gasteiger partial charge is 0.231 e. The maximum absolute atomic E-state index is 10.0. The lowest BCUT2D eigenvalue weighted by Gasteiger charge is -2.08. The van der Waals surface area contributed by atoms with Gasteiger partial charge in [0.1, 0.15) is 0 Å². The molecular weight excluding hydrogens is 154 g/mol. The number of hydrogen-bond acceptors (Lipinski definition) is 2. The van der Waals surface area contributed by atoms with Crippen LogP contribution in [0.1, 0.15) is 0 Å². The van der Waals surface area contributed by atoms with Gasteiger partial charge in [-0.2, -0.15) is 0 Å². The summed E-state index contributed by atoms with van der Waals surface area (Å²) in [4.78, 5) is 0. The second kappa shape index (κ2) is 5.55. The van der Waals surface area contributed by atoms with E-state index in [-0.39, 0.29) is 6.10 Å². The Labute approximate surface area is 62.7 Å². The molecule has 0 saturated carbocycles. The van der Waals surface area contributed by atoms with Crippen molar-refractivity contribution in [2.75, 3.05) is 13.7 Å². The van der Waals surface area contributed by atoms with Crippen molar-refractivity contribution in [3.63, 3.8) is 0 Å². The van der Waals surface area contributed by atoms with Crippen LogP contribution >= 0.6 is 0 Å². The van der Waals surface area contributed by atoms with Crippen LogP contribution in [-0.2, 0) is 16.0 Å². The van der Waals surface area contributed by atoms with Gasteiger partial charge in [-0.25, -0.2) is 8.93 Å². The highest BCUT2D eigenvalue weighted by atomic mass is 32.2. The standard InChI is InChI=1S/C5H11NO3S/c1-3-5(9-2)4-6-10(7)8/h3,5-6H,1,4H2,2H3,(H,7,8). The van der Waals surface area contributed by atoms with Crippen molar-refractivity contribution in [2.24, 2.45) is 0 Å². The minimum atomic E-state index is -1.97. The average Bonchev–Trinajstić information content (AvgIpc) is 1.90. The summed E-state index contributed by atoms with van der Waals surface area (Å²) in [5.41, 5.74) is 0. The van der Waals surface area contributed by atoms with E-state index in [0.717, 1.165) is 0 Å². The van der Waals surface area contributed by atoms with E-state index in [1.54, 1.807) is 6.08 Å². The molecule has 0 heterocycles. The van der Waals surface area contributed by atoms with E-state index >= 15 is 0 Å². The Morgan fingerprint density at radius 1 is 2.00 bits per heavy atom. The number of ether oxygens (including phenoxy) is 1. The zero-order valence-corrected chi connectivity index (χ0v) is 6.56. The summed E-state index contributed by atoms with van der Waals surface area (Å²) >= 11 is -1.97. The van der Waals surface area contributed by atoms with E-state index in [1.807, 2.05) is 0 Å². The van der Waals surface area contributed by atoms with Crippen molar-refractivity contribution < 1.29 is 13.5 Å². The topological polar surface area (TPSA) is 58.6 Å². The Kier molecular flexibility index (Phi) is 5.42. The zero-order chi connectivity index (χ0) is 7.98. The van der Waals surface area contributed by atoms with Crippen LogP contribution in [0.3, 0.4) is 0 Å². The fourth-order valence-electron chi connectivity index (χ4n) is 0.416. The Morgan fingerprint density at radius 2 is 2.60 bits per heavy atom. The second-order valence-corrected chi connectivity index (χ2v) is 2.39. The number of hydrogen-bond donors (Lipinski definition) is 2. The Morgan fingerprint density at radius 3 is 2.90 bits per heavy atom. The van der Waals surface area contributed by atoms with Gasteiger partial charge in [0.15, 0.2) is 0 Å². The van der Waals surface area contributed by atoms with Crippen molar-refractivity contribution in [2.45, 2.75) is 6.10 Å². The first kappa shape index (κ1) is 9.77. The average molecular weight is 165 g/mol. The lowest BCUT2D eigenvalue weighted by Crippen LogP contribution is -2.27. The van der Waals surface area contributed by atoms with Crippen molar-refractivity contribution in [3.05, 3.63) is 12.7 Å². The van der Waals surface area contributed by atoms with Gasteiger partial charge < -0.3 is 4.74 Å². The van der Waals surface area contributed by atoms with Crippen molar-refractivity contribution in [1.29, 1.82) is 0 Å². The van der Waals surface area contributed by atoms with E-state index in [9.17, 15) is 4.21 Å². The van der Waals surface area contributed by atoms with E-state index in [4.69, 9.17) is 9.29 Å². The summed E-state index contributed by atoms with van der Waals surface area (Å²) in [5, 5.41) is 0. The first-order chi connectivity index (χ1) is 4.70. The van der Waals surface area contributed by atoms with Crippen molar-refractivity contribution in [1.82, 2.24) is 4.72 Å². The maximum Gasteiger partial charge on any atom is 0.231 e. The molecule has 0 aliphatic carbocycles. The molecule has 4 nitrogen and oxygen atoms in total. The molecule has 0 bridgehead atoms. The van der Waals surface area contributed by atoms with Gasteiger partial charge in [-0.1, -0.05) is 6.08 Å². The van der Waals surface area contributed by atoms with Crippen LogP contribution in [0.25, 0.3) is 0 Å². The lowest BCUT2D eigenvalue weighted by atomic mass is 10.4. The summed E-state index contributed by atoms with van der Waals surface area (Å²) in [6.45, 7) is 3.76. The van der Waals surface area contributed by atoms with Gasteiger partial charge in [0.25, 0.3) is 0 Å². The third kappa shape index (κ3) is 4.63. The van der Waals surface area contributed by atoms with Crippen LogP contribution in [-0.4, -0.2) is 28.5 Å². The van der Waals surface area contributed by atoms with Crippen LogP contribution in [0.2, 0.25) is 0 Å². The van der Waals surface area contributed by atoms with Gasteiger partial charge in [0.05, 0.1) is 6.10 Å². The molecule has 0 fully saturated rings. The first-order valence-electron chi connectivity index (χ1n) is 2.70. The van der Waals surface area contributed by atoms with Crippen LogP contribution in [0, 0.1) is 0 Å². The highest BCUT2D eigenvalue weighted by Crippen LogP contribution is 1.87. The third-order valence-electron chi connectivity index (χ3n) is 0.974. The van der Waals surface area contributed by atoms with Gasteiger partial charge >= 0.3 is 0 Å². The quantitative estimate of drug-likeness (QED) is 0.442. The summed E-state index contributed by atoms with van der Waals surface area (Å²) in [6, 6.07) is 0. The lowest BCUT2D eigenvalue weighted by molar-refractivity contribution is 0.144. The van der Waals surface area contributed by atoms with Gasteiger partial charge in [0, 0.05) is 13.7 Å². The van der Waals surface area contributed by atoms with Gasteiger partial charge in [-0.3, -0.25) is 4.55 Å². The van der Waals surface area contributed by atoms with Crippen LogP contribution < -0.4 is 4.72 Å². The SMILES string of the molecule is C=CC(CNS(=O)O)OC. The fraction of sp³-hybridized carbons (Fsp3) is 0.600. The van der Waals surface area contributed by atoms with E-state index in [1.165, 1.54) is 7.11 Å². The first-order valence-corrected chi connectivity index (χ1v) is 3.81. The summed E-state index contributed by atoms with van der Waals surface area (Å²) in [6.07, 6.45) is 1.34. The Hall–Kier alpha value is -0.230. The third-order valence-corrected chi connectivity index (χ3v) is 1.39. The minimum Gasteiger partial charge on any atom is -0.376 e. The van der Waals surface area contributed by atoms with Gasteiger partial charge in [-0.15, -0.1) is 6.58 Å². The molecule has 2 N–H and O–H groups in total. The molecule has 0 rings (SSSR count). The highest BCUT2D eigenvalue weighted by Gasteiger charge is 2.01. The maximum atomic E-state index is 10.0. The summed E-state index contributed by atoms with van der Waals surface area (Å²) < 4.78 is 25.4. The fourth-order valence-corrected chi connectivity index (χ4v) is 0.723. The predicted octanol–water partition coefficient (Wildman–Crippen LogP) is -0.0863. The molecule has 0 aromatic carbocycles. The van der Waals surface area contributed by atoms with Crippen molar-refractivity contribution in [3.8, 4) is 0 Å². The van der Waals surface area contributed by atoms with Crippen LogP contribution in [0.4, 0.5) is 0 Å². The van der Waals surface area contributed by atoms with Gasteiger partial charge in [0.2, 0.25) is 11.3 Å². The van der Waals surface area contributed by atoms with E-state index < -0.39 is 11.3 Å². The molecule has 2 atom stereocenters. The molecule has 10 heavy (non-hydrogen) atoms. The molecule has 0 radical (unpaired) electrons. The van der Waals surface area contributed by atoms with Crippen LogP contribution in [0.15, 0.2) is 12.7 Å². The minimum absolute atomic E-state index is 0.212. The Bertz CT molecular complexity index is 128. The molecule has 0 aromatic rings.